The maximum atomic E-state index is 11.6. The zero-order valence-electron chi connectivity index (χ0n) is 8.81. The molecule has 3 rings (SSSR count). The van der Waals surface area contributed by atoms with Gasteiger partial charge >= 0.3 is 11.9 Å². The smallest absolute Gasteiger partial charge is 0.317 e. The van der Waals surface area contributed by atoms with E-state index in [2.05, 4.69) is 12.1 Å². The molecule has 1 fully saturated rings. The average molecular weight is 216 g/mol. The Labute approximate surface area is 93.4 Å². The van der Waals surface area contributed by atoms with Gasteiger partial charge in [-0.1, -0.05) is 24.3 Å². The van der Waals surface area contributed by atoms with Gasteiger partial charge in [0.05, 0.1) is 12.3 Å². The van der Waals surface area contributed by atoms with Crippen molar-refractivity contribution >= 4 is 11.9 Å². The zero-order chi connectivity index (χ0) is 11.1. The van der Waals surface area contributed by atoms with Crippen LogP contribution in [-0.2, 0) is 27.2 Å². The summed E-state index contributed by atoms with van der Waals surface area (Å²) >= 11 is 0. The second kappa shape index (κ2) is 3.44. The Kier molecular flexibility index (Phi) is 2.06. The lowest BCUT2D eigenvalue weighted by Gasteiger charge is -2.33. The number of ether oxygens (including phenoxy) is 1. The van der Waals surface area contributed by atoms with Crippen molar-refractivity contribution in [3.8, 4) is 0 Å². The van der Waals surface area contributed by atoms with Crippen LogP contribution in [0.15, 0.2) is 24.3 Å². The van der Waals surface area contributed by atoms with E-state index < -0.39 is 0 Å². The fourth-order valence-corrected chi connectivity index (χ4v) is 2.72. The van der Waals surface area contributed by atoms with E-state index in [4.69, 9.17) is 4.74 Å². The van der Waals surface area contributed by atoms with Crippen LogP contribution in [0.25, 0.3) is 0 Å². The molecule has 82 valence electrons. The van der Waals surface area contributed by atoms with Crippen molar-refractivity contribution in [3.63, 3.8) is 0 Å². The second-order valence-corrected chi connectivity index (χ2v) is 4.54. The lowest BCUT2D eigenvalue weighted by molar-refractivity contribution is -0.171. The summed E-state index contributed by atoms with van der Waals surface area (Å²) in [5.74, 6) is -0.683. The number of esters is 2. The minimum atomic E-state index is -0.370. The molecule has 1 aliphatic carbocycles. The van der Waals surface area contributed by atoms with E-state index >= 15 is 0 Å². The number of fused-ring (bicyclic) bond motifs is 2. The second-order valence-electron chi connectivity index (χ2n) is 4.54. The first kappa shape index (κ1) is 9.58. The van der Waals surface area contributed by atoms with Gasteiger partial charge in [-0.05, 0) is 29.9 Å². The average Bonchev–Trinajstić information content (AvgIpc) is 2.27. The van der Waals surface area contributed by atoms with Crippen LogP contribution < -0.4 is 0 Å². The maximum absolute atomic E-state index is 11.6. The molecule has 1 heterocycles. The summed E-state index contributed by atoms with van der Waals surface area (Å²) in [6.07, 6.45) is 1.92. The van der Waals surface area contributed by atoms with Gasteiger partial charge in [0.25, 0.3) is 0 Å². The topological polar surface area (TPSA) is 43.4 Å². The summed E-state index contributed by atoms with van der Waals surface area (Å²) < 4.78 is 4.69. The molecule has 1 aromatic carbocycles. The SMILES string of the molecule is O=C1CC2Cc3ccccc3CC2C(=O)O1. The van der Waals surface area contributed by atoms with Gasteiger partial charge in [-0.2, -0.15) is 0 Å². The van der Waals surface area contributed by atoms with Crippen LogP contribution in [0.1, 0.15) is 17.5 Å². The predicted molar refractivity (Wildman–Crippen MR) is 56.5 cm³/mol. The monoisotopic (exact) mass is 216 g/mol. The lowest BCUT2D eigenvalue weighted by Crippen LogP contribution is -2.40. The van der Waals surface area contributed by atoms with Crippen LogP contribution in [0.4, 0.5) is 0 Å². The molecule has 3 nitrogen and oxygen atoms in total. The molecular formula is C13H12O3. The van der Waals surface area contributed by atoms with Crippen LogP contribution in [0.5, 0.6) is 0 Å². The van der Waals surface area contributed by atoms with Crippen molar-refractivity contribution in [2.24, 2.45) is 11.8 Å². The van der Waals surface area contributed by atoms with E-state index in [0.717, 1.165) is 6.42 Å². The van der Waals surface area contributed by atoms with Crippen LogP contribution in [-0.4, -0.2) is 11.9 Å². The minimum absolute atomic E-state index is 0.118. The first-order chi connectivity index (χ1) is 7.74. The molecule has 0 radical (unpaired) electrons. The molecule has 0 aromatic heterocycles. The third kappa shape index (κ3) is 1.43. The molecule has 0 amide bonds. The van der Waals surface area contributed by atoms with Crippen molar-refractivity contribution in [3.05, 3.63) is 35.4 Å². The van der Waals surface area contributed by atoms with Crippen molar-refractivity contribution in [2.45, 2.75) is 19.3 Å². The van der Waals surface area contributed by atoms with Crippen molar-refractivity contribution in [2.75, 3.05) is 0 Å². The zero-order valence-corrected chi connectivity index (χ0v) is 8.81. The normalized spacial score (nSPS) is 28.0. The molecule has 0 spiro atoms. The molecule has 16 heavy (non-hydrogen) atoms. The van der Waals surface area contributed by atoms with Gasteiger partial charge in [-0.15, -0.1) is 0 Å². The summed E-state index contributed by atoms with van der Waals surface area (Å²) in [5.41, 5.74) is 2.49. The highest BCUT2D eigenvalue weighted by molar-refractivity contribution is 5.90. The minimum Gasteiger partial charge on any atom is -0.393 e. The highest BCUT2D eigenvalue weighted by atomic mass is 16.6. The Morgan fingerprint density at radius 1 is 1.00 bits per heavy atom. The number of rotatable bonds is 0. The third-order valence-corrected chi connectivity index (χ3v) is 3.56. The highest BCUT2D eigenvalue weighted by Crippen LogP contribution is 2.35. The summed E-state index contributed by atoms with van der Waals surface area (Å²) in [4.78, 5) is 22.8. The first-order valence-electron chi connectivity index (χ1n) is 5.55. The molecule has 1 aromatic rings. The third-order valence-electron chi connectivity index (χ3n) is 3.56. The van der Waals surface area contributed by atoms with Gasteiger partial charge in [0.1, 0.15) is 0 Å². The highest BCUT2D eigenvalue weighted by Gasteiger charge is 2.40. The number of benzene rings is 1. The molecule has 0 N–H and O–H groups in total. The Hall–Kier alpha value is -1.64. The van der Waals surface area contributed by atoms with E-state index in [1.165, 1.54) is 11.1 Å². The van der Waals surface area contributed by atoms with Gasteiger partial charge in [0.15, 0.2) is 0 Å². The van der Waals surface area contributed by atoms with E-state index in [9.17, 15) is 9.59 Å². The van der Waals surface area contributed by atoms with E-state index in [0.29, 0.717) is 12.8 Å². The number of carbonyl (C=O) groups is 2. The molecule has 2 atom stereocenters. The van der Waals surface area contributed by atoms with Crippen molar-refractivity contribution in [1.29, 1.82) is 0 Å². The Bertz CT molecular complexity index is 464. The maximum Gasteiger partial charge on any atom is 0.317 e. The van der Waals surface area contributed by atoms with Crippen LogP contribution in [0.3, 0.4) is 0 Å². The first-order valence-corrected chi connectivity index (χ1v) is 5.55. The summed E-state index contributed by atoms with van der Waals surface area (Å²) in [5, 5.41) is 0. The van der Waals surface area contributed by atoms with Crippen molar-refractivity contribution < 1.29 is 14.3 Å². The van der Waals surface area contributed by atoms with E-state index in [-0.39, 0.29) is 23.8 Å². The quantitative estimate of drug-likeness (QED) is 0.487. The van der Waals surface area contributed by atoms with Crippen LogP contribution >= 0.6 is 0 Å². The largest absolute Gasteiger partial charge is 0.393 e. The molecular weight excluding hydrogens is 204 g/mol. The number of hydrogen-bond donors (Lipinski definition) is 0. The molecule has 0 saturated carbocycles. The van der Waals surface area contributed by atoms with Gasteiger partial charge in [0.2, 0.25) is 0 Å². The molecule has 1 saturated heterocycles. The van der Waals surface area contributed by atoms with Gasteiger partial charge < -0.3 is 4.74 Å². The fourth-order valence-electron chi connectivity index (χ4n) is 2.72. The van der Waals surface area contributed by atoms with Crippen LogP contribution in [0, 0.1) is 11.8 Å². The lowest BCUT2D eigenvalue weighted by atomic mass is 9.73. The van der Waals surface area contributed by atoms with Gasteiger partial charge in [-0.25, -0.2) is 0 Å². The Morgan fingerprint density at radius 2 is 1.69 bits per heavy atom. The molecule has 3 heteroatoms. The summed E-state index contributed by atoms with van der Waals surface area (Å²) in [7, 11) is 0. The van der Waals surface area contributed by atoms with Gasteiger partial charge in [-0.3, -0.25) is 9.59 Å². The van der Waals surface area contributed by atoms with Gasteiger partial charge in [0, 0.05) is 0 Å². The summed E-state index contributed by atoms with van der Waals surface area (Å²) in [6, 6.07) is 8.12. The molecule has 1 aliphatic heterocycles. The number of hydrogen-bond acceptors (Lipinski definition) is 3. The van der Waals surface area contributed by atoms with E-state index in [1.807, 2.05) is 12.1 Å². The number of carbonyl (C=O) groups excluding carboxylic acids is 2. The Morgan fingerprint density at radius 3 is 2.44 bits per heavy atom. The Balaban J connectivity index is 1.96. The standard InChI is InChI=1S/C13H12O3/c14-12-7-10-5-8-3-1-2-4-9(8)6-11(10)13(15)16-12/h1-4,10-11H,5-7H2. The molecule has 2 aliphatic rings. The molecule has 2 unspecified atom stereocenters. The molecule has 0 bridgehead atoms. The van der Waals surface area contributed by atoms with Crippen molar-refractivity contribution in [1.82, 2.24) is 0 Å². The summed E-state index contributed by atoms with van der Waals surface area (Å²) in [6.45, 7) is 0. The van der Waals surface area contributed by atoms with E-state index in [1.54, 1.807) is 0 Å². The van der Waals surface area contributed by atoms with Crippen LogP contribution in [0.2, 0.25) is 0 Å². The number of cyclic esters (lactones) is 2. The predicted octanol–water partition coefficient (Wildman–Crippen LogP) is 1.49. The fraction of sp³-hybridized carbons (Fsp3) is 0.385.